The van der Waals surface area contributed by atoms with Gasteiger partial charge >= 0.3 is 6.18 Å². The maximum Gasteiger partial charge on any atom is 0.416 e. The number of benzene rings is 1. The summed E-state index contributed by atoms with van der Waals surface area (Å²) >= 11 is 0. The molecule has 0 atom stereocenters. The topological polar surface area (TPSA) is 0 Å². The van der Waals surface area contributed by atoms with Crippen LogP contribution in [0.15, 0.2) is 24.3 Å². The van der Waals surface area contributed by atoms with Crippen molar-refractivity contribution in [3.05, 3.63) is 41.8 Å². The molecule has 2 saturated carbocycles. The molecule has 22 heavy (non-hydrogen) atoms. The minimum absolute atomic E-state index is 0.452. The Kier molecular flexibility index (Phi) is 4.79. The quantitative estimate of drug-likeness (QED) is 0.595. The van der Waals surface area contributed by atoms with Crippen LogP contribution in [0.5, 0.6) is 0 Å². The van der Waals surface area contributed by atoms with Crippen LogP contribution in [0.3, 0.4) is 0 Å². The highest BCUT2D eigenvalue weighted by Gasteiger charge is 2.31. The minimum atomic E-state index is -4.23. The van der Waals surface area contributed by atoms with Gasteiger partial charge in [0.25, 0.3) is 0 Å². The normalized spacial score (nSPS) is 27.8. The molecule has 0 heterocycles. The molecule has 1 aromatic rings. The standard InChI is InChI=1S/C19H24F3/c20-19(21,22)18-12-10-17(11-13-18)16-8-6-15(7-9-16)14-4-2-1-3-5-14/h1,10-16H,2-9H2. The van der Waals surface area contributed by atoms with Crippen LogP contribution in [-0.2, 0) is 6.18 Å². The van der Waals surface area contributed by atoms with E-state index in [-0.39, 0.29) is 0 Å². The Hall–Kier alpha value is -0.990. The molecule has 1 aromatic carbocycles. The number of hydrogen-bond acceptors (Lipinski definition) is 0. The Morgan fingerprint density at radius 3 is 1.82 bits per heavy atom. The molecule has 1 radical (unpaired) electrons. The number of alkyl halides is 3. The lowest BCUT2D eigenvalue weighted by Crippen LogP contribution is -2.23. The molecular formula is C19H24F3. The van der Waals surface area contributed by atoms with Crippen LogP contribution in [-0.4, -0.2) is 0 Å². The van der Waals surface area contributed by atoms with Gasteiger partial charge in [-0.1, -0.05) is 12.1 Å². The molecule has 0 nitrogen and oxygen atoms in total. The van der Waals surface area contributed by atoms with Crippen molar-refractivity contribution in [1.82, 2.24) is 0 Å². The average Bonchev–Trinajstić information content (AvgIpc) is 2.55. The fraction of sp³-hybridized carbons (Fsp3) is 0.632. The molecule has 0 aliphatic heterocycles. The van der Waals surface area contributed by atoms with Crippen molar-refractivity contribution in [2.45, 2.75) is 63.5 Å². The molecule has 2 aliphatic carbocycles. The van der Waals surface area contributed by atoms with E-state index >= 15 is 0 Å². The SMILES string of the molecule is FC(F)(F)c1ccc(C2CCC(C3CC[CH]CC3)CC2)cc1. The van der Waals surface area contributed by atoms with Crippen LogP contribution in [0.2, 0.25) is 0 Å². The van der Waals surface area contributed by atoms with Crippen LogP contribution in [0.1, 0.15) is 68.4 Å². The second-order valence-corrected chi connectivity index (χ2v) is 6.93. The summed E-state index contributed by atoms with van der Waals surface area (Å²) in [6.07, 6.45) is 8.16. The summed E-state index contributed by atoms with van der Waals surface area (Å²) in [5.74, 6) is 2.19. The Morgan fingerprint density at radius 2 is 1.27 bits per heavy atom. The lowest BCUT2D eigenvalue weighted by Gasteiger charge is -2.36. The Morgan fingerprint density at radius 1 is 0.727 bits per heavy atom. The van der Waals surface area contributed by atoms with Crippen LogP contribution in [0.25, 0.3) is 0 Å². The van der Waals surface area contributed by atoms with E-state index in [1.165, 1.54) is 50.7 Å². The van der Waals surface area contributed by atoms with E-state index in [1.54, 1.807) is 12.1 Å². The van der Waals surface area contributed by atoms with Gasteiger partial charge in [-0.15, -0.1) is 0 Å². The molecule has 121 valence electrons. The van der Waals surface area contributed by atoms with E-state index < -0.39 is 11.7 Å². The largest absolute Gasteiger partial charge is 0.416 e. The molecule has 0 unspecified atom stereocenters. The maximum absolute atomic E-state index is 12.6. The molecule has 0 aromatic heterocycles. The van der Waals surface area contributed by atoms with Gasteiger partial charge in [-0.2, -0.15) is 13.2 Å². The van der Waals surface area contributed by atoms with Gasteiger partial charge in [-0.3, -0.25) is 0 Å². The molecule has 2 fully saturated rings. The third kappa shape index (κ3) is 3.67. The molecule has 0 N–H and O–H groups in total. The highest BCUT2D eigenvalue weighted by molar-refractivity contribution is 5.27. The first-order chi connectivity index (χ1) is 10.5. The van der Waals surface area contributed by atoms with Gasteiger partial charge < -0.3 is 0 Å². The second kappa shape index (κ2) is 6.64. The smallest absolute Gasteiger partial charge is 0.166 e. The van der Waals surface area contributed by atoms with E-state index in [0.717, 1.165) is 30.2 Å². The number of rotatable bonds is 2. The summed E-state index contributed by atoms with van der Waals surface area (Å²) in [4.78, 5) is 0. The van der Waals surface area contributed by atoms with Crippen molar-refractivity contribution < 1.29 is 13.2 Å². The third-order valence-corrected chi connectivity index (χ3v) is 5.63. The summed E-state index contributed by atoms with van der Waals surface area (Å²) in [5.41, 5.74) is 0.548. The van der Waals surface area contributed by atoms with Gasteiger partial charge in [0, 0.05) is 0 Å². The zero-order chi connectivity index (χ0) is 15.6. The monoisotopic (exact) mass is 309 g/mol. The van der Waals surface area contributed by atoms with Crippen molar-refractivity contribution in [3.8, 4) is 0 Å². The predicted octanol–water partition coefficient (Wildman–Crippen LogP) is 6.37. The molecule has 0 spiro atoms. The fourth-order valence-corrected chi connectivity index (χ4v) is 4.29. The lowest BCUT2D eigenvalue weighted by molar-refractivity contribution is -0.137. The zero-order valence-electron chi connectivity index (χ0n) is 12.9. The van der Waals surface area contributed by atoms with Crippen molar-refractivity contribution in [2.24, 2.45) is 11.8 Å². The van der Waals surface area contributed by atoms with Gasteiger partial charge in [-0.05, 0) is 93.2 Å². The Labute approximate surface area is 131 Å². The van der Waals surface area contributed by atoms with Gasteiger partial charge in [0.2, 0.25) is 0 Å². The molecule has 3 heteroatoms. The van der Waals surface area contributed by atoms with Crippen molar-refractivity contribution in [2.75, 3.05) is 0 Å². The van der Waals surface area contributed by atoms with E-state index in [1.807, 2.05) is 0 Å². The number of hydrogen-bond donors (Lipinski definition) is 0. The molecular weight excluding hydrogens is 285 g/mol. The predicted molar refractivity (Wildman–Crippen MR) is 82.4 cm³/mol. The van der Waals surface area contributed by atoms with E-state index in [2.05, 4.69) is 6.42 Å². The summed E-state index contributed by atoms with van der Waals surface area (Å²) in [6.45, 7) is 0. The minimum Gasteiger partial charge on any atom is -0.166 e. The summed E-state index contributed by atoms with van der Waals surface area (Å²) in [5, 5.41) is 0. The highest BCUT2D eigenvalue weighted by Crippen LogP contribution is 2.43. The highest BCUT2D eigenvalue weighted by atomic mass is 19.4. The van der Waals surface area contributed by atoms with Gasteiger partial charge in [0.15, 0.2) is 0 Å². The van der Waals surface area contributed by atoms with Crippen LogP contribution < -0.4 is 0 Å². The van der Waals surface area contributed by atoms with Crippen molar-refractivity contribution in [1.29, 1.82) is 0 Å². The lowest BCUT2D eigenvalue weighted by atomic mass is 9.70. The summed E-state index contributed by atoms with van der Waals surface area (Å²) in [6, 6.07) is 5.84. The van der Waals surface area contributed by atoms with Crippen LogP contribution in [0, 0.1) is 18.3 Å². The van der Waals surface area contributed by atoms with Gasteiger partial charge in [0.1, 0.15) is 0 Å². The van der Waals surface area contributed by atoms with Gasteiger partial charge in [-0.25, -0.2) is 0 Å². The van der Waals surface area contributed by atoms with E-state index in [4.69, 9.17) is 0 Å². The first kappa shape index (κ1) is 15.9. The molecule has 3 rings (SSSR count). The first-order valence-electron chi connectivity index (χ1n) is 8.53. The molecule has 0 amide bonds. The van der Waals surface area contributed by atoms with E-state index in [9.17, 15) is 13.2 Å². The van der Waals surface area contributed by atoms with E-state index in [0.29, 0.717) is 5.92 Å². The van der Waals surface area contributed by atoms with Gasteiger partial charge in [0.05, 0.1) is 5.56 Å². The first-order valence-corrected chi connectivity index (χ1v) is 8.53. The van der Waals surface area contributed by atoms with Crippen molar-refractivity contribution in [3.63, 3.8) is 0 Å². The number of halogens is 3. The fourth-order valence-electron chi connectivity index (χ4n) is 4.29. The average molecular weight is 309 g/mol. The Balaban J connectivity index is 1.57. The molecule has 0 bridgehead atoms. The third-order valence-electron chi connectivity index (χ3n) is 5.63. The van der Waals surface area contributed by atoms with Crippen LogP contribution in [0.4, 0.5) is 13.2 Å². The summed E-state index contributed by atoms with van der Waals surface area (Å²) < 4.78 is 37.8. The van der Waals surface area contributed by atoms with Crippen LogP contribution >= 0.6 is 0 Å². The summed E-state index contributed by atoms with van der Waals surface area (Å²) in [7, 11) is 0. The molecule has 0 saturated heterocycles. The Bertz CT molecular complexity index is 460. The molecule has 2 aliphatic rings. The maximum atomic E-state index is 12.6. The van der Waals surface area contributed by atoms with Crippen molar-refractivity contribution >= 4 is 0 Å². The zero-order valence-corrected chi connectivity index (χ0v) is 12.9. The second-order valence-electron chi connectivity index (χ2n) is 6.93.